The number of fused-ring (bicyclic) bond motifs is 1. The van der Waals surface area contributed by atoms with Crippen LogP contribution >= 0.6 is 12.6 Å². The van der Waals surface area contributed by atoms with Gasteiger partial charge in [-0.25, -0.2) is 0 Å². The molecule has 8 nitrogen and oxygen atoms in total. The number of H-pyrrole nitrogens is 1. The second-order valence-corrected chi connectivity index (χ2v) is 10.1. The highest BCUT2D eigenvalue weighted by molar-refractivity contribution is 7.96. The SMILES string of the molecule is O=C(N[C@@H](CC1CCCCC1)C(=O)N[C@@H](C[C@@H]1CCNC1O)C(=O)S)c1cc2ccccc2[nH]1. The lowest BCUT2D eigenvalue weighted by atomic mass is 9.84. The van der Waals surface area contributed by atoms with Crippen molar-refractivity contribution in [3.63, 3.8) is 0 Å². The highest BCUT2D eigenvalue weighted by Crippen LogP contribution is 2.28. The molecule has 184 valence electrons. The van der Waals surface area contributed by atoms with Gasteiger partial charge in [-0.3, -0.25) is 19.7 Å². The average molecular weight is 487 g/mol. The van der Waals surface area contributed by atoms with Gasteiger partial charge in [0, 0.05) is 16.8 Å². The number of hydrogen-bond acceptors (Lipinski definition) is 5. The molecule has 2 heterocycles. The first kappa shape index (κ1) is 24.8. The molecule has 2 aromatic rings. The van der Waals surface area contributed by atoms with Gasteiger partial charge in [0.1, 0.15) is 18.0 Å². The van der Waals surface area contributed by atoms with Crippen LogP contribution in [-0.2, 0) is 9.59 Å². The molecule has 9 heteroatoms. The predicted molar refractivity (Wildman–Crippen MR) is 133 cm³/mol. The summed E-state index contributed by atoms with van der Waals surface area (Å²) in [5.41, 5.74) is 1.25. The molecule has 2 fully saturated rings. The van der Waals surface area contributed by atoms with Gasteiger partial charge >= 0.3 is 0 Å². The van der Waals surface area contributed by atoms with Crippen LogP contribution in [0.1, 0.15) is 61.9 Å². The molecule has 4 atom stereocenters. The first-order valence-corrected chi connectivity index (χ1v) is 12.7. The van der Waals surface area contributed by atoms with Crippen LogP contribution in [0, 0.1) is 11.8 Å². The van der Waals surface area contributed by atoms with Gasteiger partial charge in [0.05, 0.1) is 6.04 Å². The van der Waals surface area contributed by atoms with Gasteiger partial charge in [0.25, 0.3) is 5.91 Å². The molecular formula is C25H34N4O4S. The summed E-state index contributed by atoms with van der Waals surface area (Å²) in [6.07, 6.45) is 6.35. The van der Waals surface area contributed by atoms with E-state index in [1.165, 1.54) is 6.42 Å². The summed E-state index contributed by atoms with van der Waals surface area (Å²) in [6.45, 7) is 0.665. The van der Waals surface area contributed by atoms with Crippen LogP contribution in [0.4, 0.5) is 0 Å². The molecule has 1 unspecified atom stereocenters. The maximum absolute atomic E-state index is 13.3. The van der Waals surface area contributed by atoms with E-state index in [0.29, 0.717) is 31.0 Å². The Morgan fingerprint density at radius 3 is 2.47 bits per heavy atom. The van der Waals surface area contributed by atoms with Crippen molar-refractivity contribution in [2.45, 2.75) is 69.7 Å². The molecule has 0 spiro atoms. The molecule has 1 aromatic carbocycles. The van der Waals surface area contributed by atoms with Crippen molar-refractivity contribution in [1.29, 1.82) is 0 Å². The first-order chi connectivity index (χ1) is 16.4. The van der Waals surface area contributed by atoms with Crippen LogP contribution in [0.5, 0.6) is 0 Å². The number of rotatable bonds is 9. The molecule has 34 heavy (non-hydrogen) atoms. The fourth-order valence-electron chi connectivity index (χ4n) is 5.20. The largest absolute Gasteiger partial charge is 0.378 e. The number of benzene rings is 1. The van der Waals surface area contributed by atoms with Crippen LogP contribution in [0.15, 0.2) is 30.3 Å². The van der Waals surface area contributed by atoms with Crippen LogP contribution in [0.2, 0.25) is 0 Å². The number of aromatic amines is 1. The molecule has 1 aliphatic heterocycles. The number of para-hydroxylation sites is 1. The number of aliphatic hydroxyl groups excluding tert-OH is 1. The van der Waals surface area contributed by atoms with E-state index in [4.69, 9.17) is 0 Å². The zero-order valence-electron chi connectivity index (χ0n) is 19.3. The van der Waals surface area contributed by atoms with Gasteiger partial charge in [0.2, 0.25) is 11.0 Å². The van der Waals surface area contributed by atoms with E-state index in [1.54, 1.807) is 6.07 Å². The molecule has 2 aliphatic rings. The Kier molecular flexibility index (Phi) is 8.28. The third kappa shape index (κ3) is 6.20. The predicted octanol–water partition coefficient (Wildman–Crippen LogP) is 2.50. The molecule has 2 amide bonds. The number of nitrogens with one attached hydrogen (secondary N) is 4. The Balaban J connectivity index is 1.47. The number of aliphatic hydroxyl groups is 1. The number of amides is 2. The zero-order valence-corrected chi connectivity index (χ0v) is 20.2. The van der Waals surface area contributed by atoms with Crippen LogP contribution in [0.25, 0.3) is 10.9 Å². The Morgan fingerprint density at radius 2 is 1.79 bits per heavy atom. The summed E-state index contributed by atoms with van der Waals surface area (Å²) in [6, 6.07) is 7.80. The maximum Gasteiger partial charge on any atom is 0.268 e. The van der Waals surface area contributed by atoms with E-state index in [-0.39, 0.29) is 17.7 Å². The monoisotopic (exact) mass is 486 g/mol. The lowest BCUT2D eigenvalue weighted by Crippen LogP contribution is -2.52. The standard InChI is InChI=1S/C25H34N4O4S/c30-22-17(10-11-26-22)14-21(25(33)34)29-23(31)19(12-15-6-2-1-3-7-15)28-24(32)20-13-16-8-4-5-9-18(16)27-20/h4-5,8-9,13,15,17,19,21-22,26-27,30H,1-3,6-7,10-12,14H2,(H,28,32)(H,29,31)(H,33,34)/t17-,19-,21-,22?/m0/s1. The maximum atomic E-state index is 13.3. The summed E-state index contributed by atoms with van der Waals surface area (Å²) in [7, 11) is 0. The lowest BCUT2D eigenvalue weighted by molar-refractivity contribution is -0.127. The normalized spacial score (nSPS) is 22.9. The number of hydrogen-bond donors (Lipinski definition) is 6. The van der Waals surface area contributed by atoms with Gasteiger partial charge in [-0.2, -0.15) is 0 Å². The average Bonchev–Trinajstić information content (AvgIpc) is 3.44. The molecule has 0 radical (unpaired) electrons. The Bertz CT molecular complexity index is 986. The fourth-order valence-corrected chi connectivity index (χ4v) is 5.37. The molecule has 0 bridgehead atoms. The van der Waals surface area contributed by atoms with Crippen LogP contribution < -0.4 is 16.0 Å². The van der Waals surface area contributed by atoms with Gasteiger partial charge in [-0.1, -0.05) is 50.3 Å². The summed E-state index contributed by atoms with van der Waals surface area (Å²) >= 11 is 3.98. The first-order valence-electron chi connectivity index (χ1n) is 12.2. The van der Waals surface area contributed by atoms with Gasteiger partial charge < -0.3 is 20.7 Å². The Morgan fingerprint density at radius 1 is 1.03 bits per heavy atom. The highest BCUT2D eigenvalue weighted by atomic mass is 32.1. The topological polar surface area (TPSA) is 123 Å². The number of carbonyl (C=O) groups excluding carboxylic acids is 3. The molecule has 5 N–H and O–H groups in total. The smallest absolute Gasteiger partial charge is 0.268 e. The zero-order chi connectivity index (χ0) is 24.1. The second-order valence-electron chi connectivity index (χ2n) is 9.62. The van der Waals surface area contributed by atoms with Crippen molar-refractivity contribution < 1.29 is 19.5 Å². The van der Waals surface area contributed by atoms with E-state index in [2.05, 4.69) is 33.6 Å². The van der Waals surface area contributed by atoms with Gasteiger partial charge in [-0.05, 0) is 43.9 Å². The van der Waals surface area contributed by atoms with Crippen molar-refractivity contribution >= 4 is 40.5 Å². The molecule has 1 aromatic heterocycles. The third-order valence-corrected chi connectivity index (χ3v) is 7.47. The molecule has 4 rings (SSSR count). The Hall–Kier alpha value is -2.36. The summed E-state index contributed by atoms with van der Waals surface area (Å²) in [4.78, 5) is 41.7. The quantitative estimate of drug-likeness (QED) is 0.304. The van der Waals surface area contributed by atoms with Crippen molar-refractivity contribution in [3.05, 3.63) is 36.0 Å². The minimum absolute atomic E-state index is 0.140. The Labute approximate surface area is 205 Å². The lowest BCUT2D eigenvalue weighted by Gasteiger charge is -2.28. The van der Waals surface area contributed by atoms with E-state index < -0.39 is 23.4 Å². The number of thiol groups is 1. The summed E-state index contributed by atoms with van der Waals surface area (Å²) < 4.78 is 0. The molecular weight excluding hydrogens is 452 g/mol. The van der Waals surface area contributed by atoms with E-state index in [1.807, 2.05) is 24.3 Å². The van der Waals surface area contributed by atoms with E-state index >= 15 is 0 Å². The summed E-state index contributed by atoms with van der Waals surface area (Å²) in [5.74, 6) is -0.531. The van der Waals surface area contributed by atoms with Crippen molar-refractivity contribution in [1.82, 2.24) is 20.9 Å². The van der Waals surface area contributed by atoms with Crippen molar-refractivity contribution in [2.75, 3.05) is 6.54 Å². The molecule has 1 saturated carbocycles. The minimum atomic E-state index is -0.825. The van der Waals surface area contributed by atoms with Crippen molar-refractivity contribution in [2.24, 2.45) is 11.8 Å². The van der Waals surface area contributed by atoms with Crippen LogP contribution in [-0.4, -0.2) is 51.9 Å². The molecule has 1 saturated heterocycles. The molecule has 1 aliphatic carbocycles. The number of carbonyl (C=O) groups is 3. The summed E-state index contributed by atoms with van der Waals surface area (Å²) in [5, 5.41) is 19.2. The van der Waals surface area contributed by atoms with Gasteiger partial charge in [0.15, 0.2) is 0 Å². The van der Waals surface area contributed by atoms with E-state index in [9.17, 15) is 19.5 Å². The van der Waals surface area contributed by atoms with E-state index in [0.717, 1.165) is 43.0 Å². The minimum Gasteiger partial charge on any atom is -0.378 e. The highest BCUT2D eigenvalue weighted by Gasteiger charge is 2.33. The van der Waals surface area contributed by atoms with Gasteiger partial charge in [-0.15, -0.1) is 12.6 Å². The third-order valence-electron chi connectivity index (χ3n) is 7.16. The fraction of sp³-hybridized carbons (Fsp3) is 0.560. The van der Waals surface area contributed by atoms with Crippen LogP contribution in [0.3, 0.4) is 0 Å². The second kappa shape index (κ2) is 11.4. The van der Waals surface area contributed by atoms with Crippen molar-refractivity contribution in [3.8, 4) is 0 Å². The number of aromatic nitrogens is 1.